The van der Waals surface area contributed by atoms with Gasteiger partial charge in [-0.2, -0.15) is 0 Å². The maximum absolute atomic E-state index is 14.6. The number of hydrogen-bond acceptors (Lipinski definition) is 6. The van der Waals surface area contributed by atoms with E-state index in [1.165, 1.54) is 13.2 Å². The number of aliphatic imine (C=N–C) groups is 1. The molecule has 1 aromatic heterocycles. The summed E-state index contributed by atoms with van der Waals surface area (Å²) in [6.45, 7) is 0. The highest BCUT2D eigenvalue weighted by Crippen LogP contribution is 2.41. The van der Waals surface area contributed by atoms with E-state index in [-0.39, 0.29) is 47.0 Å². The molecule has 2 heterocycles. The highest BCUT2D eigenvalue weighted by molar-refractivity contribution is 6.31. The van der Waals surface area contributed by atoms with E-state index in [4.69, 9.17) is 22.1 Å². The van der Waals surface area contributed by atoms with Crippen molar-refractivity contribution in [3.05, 3.63) is 75.2 Å². The summed E-state index contributed by atoms with van der Waals surface area (Å²) >= 11 is 6.11. The first-order valence-electron chi connectivity index (χ1n) is 10.6. The van der Waals surface area contributed by atoms with Gasteiger partial charge in [0.1, 0.15) is 17.6 Å². The minimum atomic E-state index is -1.31. The Morgan fingerprint density at radius 3 is 2.46 bits per heavy atom. The largest absolute Gasteiger partial charge is 0.466 e. The number of nitrogens with one attached hydrogen (secondary N) is 1. The maximum atomic E-state index is 14.6. The molecular formula is C23H22Cl2F4N4O2. The third-order valence-corrected chi connectivity index (χ3v) is 6.44. The van der Waals surface area contributed by atoms with Crippen LogP contribution in [0.2, 0.25) is 5.02 Å². The molecule has 1 saturated carbocycles. The molecule has 4 rings (SSSR count). The van der Waals surface area contributed by atoms with Gasteiger partial charge in [-0.1, -0.05) is 17.7 Å². The Morgan fingerprint density at radius 2 is 1.83 bits per heavy atom. The number of nitrogens with two attached hydrogens (primary N) is 1. The molecule has 0 bridgehead atoms. The fraction of sp³-hybridized carbons (Fsp3) is 0.348. The molecule has 1 atom stereocenters. The van der Waals surface area contributed by atoms with E-state index in [0.29, 0.717) is 37.4 Å². The second-order valence-electron chi connectivity index (χ2n) is 8.18. The minimum Gasteiger partial charge on any atom is -0.466 e. The van der Waals surface area contributed by atoms with Crippen LogP contribution in [0.5, 0.6) is 0 Å². The molecular weight excluding hydrogens is 511 g/mol. The number of carbonyl (C=O) groups excluding carboxylic acids is 1. The second kappa shape index (κ2) is 10.9. The number of ether oxygens (including phenoxy) is 1. The number of pyridine rings is 1. The number of aromatic nitrogens is 1. The Hall–Kier alpha value is -2.69. The van der Waals surface area contributed by atoms with Gasteiger partial charge >= 0.3 is 5.97 Å². The summed E-state index contributed by atoms with van der Waals surface area (Å²) in [4.78, 5) is 21.1. The molecule has 1 unspecified atom stereocenters. The molecule has 0 radical (unpaired) electrons. The lowest BCUT2D eigenvalue weighted by atomic mass is 9.80. The molecule has 0 spiro atoms. The SMILES string of the molecule is COC(=O)C1=C(C2CCC(N)CC2)NC(c2ncc(F)cc2F)=NC1c1ccc(F)c(F)c1Cl.Cl. The monoisotopic (exact) mass is 532 g/mol. The summed E-state index contributed by atoms with van der Waals surface area (Å²) in [5.74, 6) is -5.45. The van der Waals surface area contributed by atoms with Crippen molar-refractivity contribution >= 4 is 35.8 Å². The lowest BCUT2D eigenvalue weighted by Gasteiger charge is -2.34. The maximum Gasteiger partial charge on any atom is 0.338 e. The Balaban J connectivity index is 0.00000342. The van der Waals surface area contributed by atoms with Crippen LogP contribution >= 0.6 is 24.0 Å². The molecule has 3 N–H and O–H groups in total. The van der Waals surface area contributed by atoms with E-state index < -0.39 is 40.3 Å². The van der Waals surface area contributed by atoms with Crippen LogP contribution in [-0.4, -0.2) is 29.9 Å². The zero-order chi connectivity index (χ0) is 24.6. The van der Waals surface area contributed by atoms with E-state index >= 15 is 0 Å². The van der Waals surface area contributed by atoms with Crippen LogP contribution < -0.4 is 11.1 Å². The summed E-state index contributed by atoms with van der Waals surface area (Å²) in [7, 11) is 1.17. The summed E-state index contributed by atoms with van der Waals surface area (Å²) in [6, 6.07) is 1.44. The highest BCUT2D eigenvalue weighted by Gasteiger charge is 2.38. The number of benzene rings is 1. The van der Waals surface area contributed by atoms with E-state index in [2.05, 4.69) is 15.3 Å². The van der Waals surface area contributed by atoms with Crippen LogP contribution in [0, 0.1) is 29.2 Å². The van der Waals surface area contributed by atoms with Crippen molar-refractivity contribution in [3.63, 3.8) is 0 Å². The molecule has 1 aliphatic heterocycles. The smallest absolute Gasteiger partial charge is 0.338 e. The molecule has 6 nitrogen and oxygen atoms in total. The molecule has 1 fully saturated rings. The quantitative estimate of drug-likeness (QED) is 0.337. The van der Waals surface area contributed by atoms with Crippen molar-refractivity contribution in [3.8, 4) is 0 Å². The van der Waals surface area contributed by atoms with Crippen LogP contribution in [-0.2, 0) is 9.53 Å². The summed E-state index contributed by atoms with van der Waals surface area (Å²) in [5.41, 5.74) is 6.10. The van der Waals surface area contributed by atoms with Crippen LogP contribution in [0.25, 0.3) is 0 Å². The normalized spacial score (nSPS) is 22.1. The van der Waals surface area contributed by atoms with Gasteiger partial charge in [-0.3, -0.25) is 4.99 Å². The number of amidine groups is 1. The van der Waals surface area contributed by atoms with Gasteiger partial charge in [-0.15, -0.1) is 12.4 Å². The zero-order valence-electron chi connectivity index (χ0n) is 18.5. The Labute approximate surface area is 210 Å². The summed E-state index contributed by atoms with van der Waals surface area (Å²) in [5, 5.41) is 2.40. The van der Waals surface area contributed by atoms with Crippen molar-refractivity contribution in [1.82, 2.24) is 10.3 Å². The first kappa shape index (κ1) is 26.9. The average Bonchev–Trinajstić information content (AvgIpc) is 2.82. The van der Waals surface area contributed by atoms with Gasteiger partial charge in [0.15, 0.2) is 23.3 Å². The molecule has 0 amide bonds. The molecule has 0 saturated heterocycles. The van der Waals surface area contributed by atoms with Crippen LogP contribution in [0.4, 0.5) is 17.6 Å². The van der Waals surface area contributed by atoms with Crippen molar-refractivity contribution in [2.24, 2.45) is 16.6 Å². The number of nitrogens with zero attached hydrogens (tertiary/aromatic N) is 2. The third kappa shape index (κ3) is 5.29. The van der Waals surface area contributed by atoms with E-state index in [1.54, 1.807) is 0 Å². The molecule has 2 aromatic rings. The van der Waals surface area contributed by atoms with Crippen molar-refractivity contribution in [1.29, 1.82) is 0 Å². The van der Waals surface area contributed by atoms with E-state index in [9.17, 15) is 22.4 Å². The standard InChI is InChI=1S/C23H21ClF4N4O2.ClH/c1-34-23(33)16-19(10-2-4-12(29)5-3-10)31-22(21-15(27)8-11(25)9-30-21)32-20(16)13-6-7-14(26)18(28)17(13)24;/h6-10,12,20H,2-5,29H2,1H3,(H,31,32);1H. The van der Waals surface area contributed by atoms with Crippen LogP contribution in [0.15, 0.2) is 40.7 Å². The molecule has 35 heavy (non-hydrogen) atoms. The Bertz CT molecular complexity index is 1200. The summed E-state index contributed by atoms with van der Waals surface area (Å²) in [6.07, 6.45) is 3.39. The highest BCUT2D eigenvalue weighted by atomic mass is 35.5. The van der Waals surface area contributed by atoms with Crippen LogP contribution in [0.1, 0.15) is 43.0 Å². The van der Waals surface area contributed by atoms with Gasteiger partial charge in [0, 0.05) is 23.4 Å². The number of hydrogen-bond donors (Lipinski definition) is 2. The zero-order valence-corrected chi connectivity index (χ0v) is 20.0. The number of halogens is 6. The molecule has 188 valence electrons. The molecule has 2 aliphatic rings. The van der Waals surface area contributed by atoms with Gasteiger partial charge in [0.25, 0.3) is 0 Å². The van der Waals surface area contributed by atoms with Crippen molar-refractivity contribution in [2.75, 3.05) is 7.11 Å². The fourth-order valence-corrected chi connectivity index (χ4v) is 4.57. The predicted molar refractivity (Wildman–Crippen MR) is 124 cm³/mol. The van der Waals surface area contributed by atoms with E-state index in [0.717, 1.165) is 12.3 Å². The summed E-state index contributed by atoms with van der Waals surface area (Å²) < 4.78 is 61.2. The minimum absolute atomic E-state index is 0. The number of rotatable bonds is 4. The van der Waals surface area contributed by atoms with Gasteiger partial charge in [-0.25, -0.2) is 27.3 Å². The van der Waals surface area contributed by atoms with Crippen molar-refractivity contribution < 1.29 is 27.1 Å². The Kier molecular flexibility index (Phi) is 8.40. The van der Waals surface area contributed by atoms with Gasteiger partial charge in [0.05, 0.1) is 23.9 Å². The number of carbonyl (C=O) groups is 1. The second-order valence-corrected chi connectivity index (χ2v) is 8.56. The fourth-order valence-electron chi connectivity index (χ4n) is 4.32. The van der Waals surface area contributed by atoms with E-state index in [1.807, 2.05) is 0 Å². The van der Waals surface area contributed by atoms with Gasteiger partial charge in [0.2, 0.25) is 0 Å². The van der Waals surface area contributed by atoms with Crippen LogP contribution in [0.3, 0.4) is 0 Å². The molecule has 1 aliphatic carbocycles. The number of allylic oxidation sites excluding steroid dienone is 1. The lowest BCUT2D eigenvalue weighted by molar-refractivity contribution is -0.136. The average molecular weight is 533 g/mol. The van der Waals surface area contributed by atoms with Crippen molar-refractivity contribution in [2.45, 2.75) is 37.8 Å². The molecule has 12 heteroatoms. The predicted octanol–water partition coefficient (Wildman–Crippen LogP) is 4.75. The third-order valence-electron chi connectivity index (χ3n) is 6.05. The first-order valence-corrected chi connectivity index (χ1v) is 11.0. The topological polar surface area (TPSA) is 89.6 Å². The number of methoxy groups -OCH3 is 1. The van der Waals surface area contributed by atoms with Gasteiger partial charge in [-0.05, 0) is 37.7 Å². The van der Waals surface area contributed by atoms with Gasteiger partial charge < -0.3 is 15.8 Å². The number of esters is 1. The Morgan fingerprint density at radius 1 is 1.14 bits per heavy atom. The molecule has 1 aromatic carbocycles. The lowest BCUT2D eigenvalue weighted by Crippen LogP contribution is -2.39. The first-order chi connectivity index (χ1) is 16.2.